The first-order valence-electron chi connectivity index (χ1n) is 2.96. The van der Waals surface area contributed by atoms with Gasteiger partial charge in [-0.2, -0.15) is 0 Å². The third kappa shape index (κ3) is 2.94. The van der Waals surface area contributed by atoms with Gasteiger partial charge in [0.1, 0.15) is 0 Å². The summed E-state index contributed by atoms with van der Waals surface area (Å²) in [6.07, 6.45) is 6.66. The van der Waals surface area contributed by atoms with E-state index >= 15 is 0 Å². The van der Waals surface area contributed by atoms with Gasteiger partial charge in [0.25, 0.3) is 0 Å². The van der Waals surface area contributed by atoms with Gasteiger partial charge in [-0.15, -0.1) is 18.9 Å². The maximum atomic E-state index is 9.10. The second-order valence-corrected chi connectivity index (χ2v) is 2.07. The molecule has 1 nitrogen and oxygen atoms in total. The lowest BCUT2D eigenvalue weighted by atomic mass is 10.0. The molecule has 2 unspecified atom stereocenters. The zero-order chi connectivity index (χ0) is 7.28. The van der Waals surface area contributed by atoms with Gasteiger partial charge in [-0.05, 0) is 0 Å². The summed E-state index contributed by atoms with van der Waals surface area (Å²) < 4.78 is 0. The minimum absolute atomic E-state index is 0.0982. The third-order valence-corrected chi connectivity index (χ3v) is 1.31. The molecule has 0 heterocycles. The maximum Gasteiger partial charge on any atom is 0.0709 e. The van der Waals surface area contributed by atoms with E-state index in [2.05, 4.69) is 12.5 Å². The fourth-order valence-corrected chi connectivity index (χ4v) is 0.464. The van der Waals surface area contributed by atoms with Crippen LogP contribution in [0.15, 0.2) is 12.7 Å². The van der Waals surface area contributed by atoms with Gasteiger partial charge >= 0.3 is 0 Å². The van der Waals surface area contributed by atoms with Crippen molar-refractivity contribution in [3.05, 3.63) is 12.7 Å². The zero-order valence-corrected chi connectivity index (χ0v) is 5.67. The van der Waals surface area contributed by atoms with Crippen LogP contribution in [0.25, 0.3) is 0 Å². The van der Waals surface area contributed by atoms with Gasteiger partial charge in [-0.1, -0.05) is 13.0 Å². The Kier molecular flexibility index (Phi) is 3.83. The number of hydrogen-bond donors (Lipinski definition) is 1. The van der Waals surface area contributed by atoms with E-state index in [-0.39, 0.29) is 5.92 Å². The first kappa shape index (κ1) is 8.26. The summed E-state index contributed by atoms with van der Waals surface area (Å²) in [7, 11) is 0. The highest BCUT2D eigenvalue weighted by Gasteiger charge is 2.07. The molecule has 50 valence electrons. The predicted molar refractivity (Wildman–Crippen MR) is 38.8 cm³/mol. The van der Waals surface area contributed by atoms with Gasteiger partial charge in [-0.3, -0.25) is 0 Å². The van der Waals surface area contributed by atoms with Crippen LogP contribution in [0.1, 0.15) is 13.3 Å². The Balaban J connectivity index is 3.60. The van der Waals surface area contributed by atoms with Gasteiger partial charge in [0.15, 0.2) is 0 Å². The molecule has 0 aliphatic carbocycles. The molecule has 0 saturated carbocycles. The lowest BCUT2D eigenvalue weighted by Gasteiger charge is -2.10. The number of hydrogen-bond acceptors (Lipinski definition) is 1. The molecule has 0 fully saturated rings. The molecule has 0 aromatic rings. The van der Waals surface area contributed by atoms with Crippen molar-refractivity contribution in [3.8, 4) is 12.3 Å². The maximum absolute atomic E-state index is 9.10. The summed E-state index contributed by atoms with van der Waals surface area (Å²) in [6.45, 7) is 5.42. The van der Waals surface area contributed by atoms with Gasteiger partial charge in [0.2, 0.25) is 0 Å². The molecule has 0 bridgehead atoms. The van der Waals surface area contributed by atoms with E-state index in [1.807, 2.05) is 6.92 Å². The van der Waals surface area contributed by atoms with Crippen molar-refractivity contribution in [2.24, 2.45) is 5.92 Å². The molecule has 0 aliphatic heterocycles. The first-order chi connectivity index (χ1) is 4.22. The van der Waals surface area contributed by atoms with Crippen LogP contribution < -0.4 is 0 Å². The Morgan fingerprint density at radius 1 is 1.89 bits per heavy atom. The van der Waals surface area contributed by atoms with Crippen LogP contribution in [-0.4, -0.2) is 11.2 Å². The standard InChI is InChI=1S/C8H12O/c1-4-6-8(9)7(3)5-2/h1,5,7-9H,2,6H2,3H3. The molecule has 0 amide bonds. The predicted octanol–water partition coefficient (Wildman–Crippen LogP) is 1.19. The summed E-state index contributed by atoms with van der Waals surface area (Å²) in [5.74, 6) is 2.48. The van der Waals surface area contributed by atoms with Crippen LogP contribution in [0.2, 0.25) is 0 Å². The molecule has 1 heteroatoms. The number of aliphatic hydroxyl groups is 1. The van der Waals surface area contributed by atoms with Crippen molar-refractivity contribution in [1.82, 2.24) is 0 Å². The smallest absolute Gasteiger partial charge is 0.0709 e. The topological polar surface area (TPSA) is 20.2 Å². The minimum atomic E-state index is -0.424. The van der Waals surface area contributed by atoms with E-state index in [0.29, 0.717) is 6.42 Å². The van der Waals surface area contributed by atoms with Crippen molar-refractivity contribution < 1.29 is 5.11 Å². The van der Waals surface area contributed by atoms with Crippen molar-refractivity contribution in [2.75, 3.05) is 0 Å². The highest BCUT2D eigenvalue weighted by molar-refractivity contribution is 4.92. The molecule has 1 N–H and O–H groups in total. The summed E-state index contributed by atoms with van der Waals surface area (Å²) in [6, 6.07) is 0. The van der Waals surface area contributed by atoms with Crippen LogP contribution >= 0.6 is 0 Å². The number of terminal acetylenes is 1. The first-order valence-corrected chi connectivity index (χ1v) is 2.96. The van der Waals surface area contributed by atoms with Crippen molar-refractivity contribution in [2.45, 2.75) is 19.4 Å². The van der Waals surface area contributed by atoms with Crippen LogP contribution in [0.5, 0.6) is 0 Å². The van der Waals surface area contributed by atoms with Crippen LogP contribution in [-0.2, 0) is 0 Å². The average molecular weight is 124 g/mol. The number of rotatable bonds is 3. The van der Waals surface area contributed by atoms with Gasteiger partial charge in [0, 0.05) is 12.3 Å². The summed E-state index contributed by atoms with van der Waals surface area (Å²) in [5.41, 5.74) is 0. The Bertz CT molecular complexity index is 121. The molecule has 0 aromatic heterocycles. The van der Waals surface area contributed by atoms with Gasteiger partial charge < -0.3 is 5.11 Å². The van der Waals surface area contributed by atoms with E-state index in [4.69, 9.17) is 11.5 Å². The third-order valence-electron chi connectivity index (χ3n) is 1.31. The highest BCUT2D eigenvalue weighted by Crippen LogP contribution is 2.05. The Hall–Kier alpha value is -0.740. The minimum Gasteiger partial charge on any atom is -0.392 e. The van der Waals surface area contributed by atoms with E-state index in [0.717, 1.165) is 0 Å². The Labute approximate surface area is 56.4 Å². The highest BCUT2D eigenvalue weighted by atomic mass is 16.3. The molecule has 9 heavy (non-hydrogen) atoms. The fraction of sp³-hybridized carbons (Fsp3) is 0.500. The second-order valence-electron chi connectivity index (χ2n) is 2.07. The summed E-state index contributed by atoms with van der Waals surface area (Å²) in [4.78, 5) is 0. The van der Waals surface area contributed by atoms with Crippen molar-refractivity contribution in [3.63, 3.8) is 0 Å². The molecule has 0 rings (SSSR count). The fourth-order valence-electron chi connectivity index (χ4n) is 0.464. The molecule has 0 radical (unpaired) electrons. The summed E-state index contributed by atoms with van der Waals surface area (Å²) >= 11 is 0. The zero-order valence-electron chi connectivity index (χ0n) is 5.67. The van der Waals surface area contributed by atoms with E-state index in [1.165, 1.54) is 0 Å². The Morgan fingerprint density at radius 3 is 2.78 bits per heavy atom. The van der Waals surface area contributed by atoms with E-state index < -0.39 is 6.10 Å². The van der Waals surface area contributed by atoms with E-state index in [1.54, 1.807) is 6.08 Å². The quantitative estimate of drug-likeness (QED) is 0.442. The molecular formula is C8H12O. The molecule has 0 aromatic carbocycles. The van der Waals surface area contributed by atoms with Crippen molar-refractivity contribution in [1.29, 1.82) is 0 Å². The van der Waals surface area contributed by atoms with Crippen LogP contribution in [0.3, 0.4) is 0 Å². The molecule has 0 spiro atoms. The monoisotopic (exact) mass is 124 g/mol. The largest absolute Gasteiger partial charge is 0.392 e. The summed E-state index contributed by atoms with van der Waals surface area (Å²) in [5, 5.41) is 9.10. The van der Waals surface area contributed by atoms with Gasteiger partial charge in [0.05, 0.1) is 6.10 Å². The Morgan fingerprint density at radius 2 is 2.44 bits per heavy atom. The van der Waals surface area contributed by atoms with Crippen molar-refractivity contribution >= 4 is 0 Å². The average Bonchev–Trinajstić information content (AvgIpc) is 1.87. The normalized spacial score (nSPS) is 15.7. The molecule has 2 atom stereocenters. The SMILES string of the molecule is C#CCC(O)C(C)C=C. The van der Waals surface area contributed by atoms with E-state index in [9.17, 15) is 0 Å². The van der Waals surface area contributed by atoms with Gasteiger partial charge in [-0.25, -0.2) is 0 Å². The lowest BCUT2D eigenvalue weighted by molar-refractivity contribution is 0.143. The second kappa shape index (κ2) is 4.17. The lowest BCUT2D eigenvalue weighted by Crippen LogP contribution is -2.13. The molecular weight excluding hydrogens is 112 g/mol. The van der Waals surface area contributed by atoms with Crippen LogP contribution in [0.4, 0.5) is 0 Å². The van der Waals surface area contributed by atoms with Crippen LogP contribution in [0, 0.1) is 18.3 Å². The molecule has 0 saturated heterocycles. The molecule has 0 aliphatic rings. The number of aliphatic hydroxyl groups excluding tert-OH is 1.